The Morgan fingerprint density at radius 2 is 1.90 bits per heavy atom. The van der Waals surface area contributed by atoms with Crippen molar-refractivity contribution in [3.63, 3.8) is 0 Å². The van der Waals surface area contributed by atoms with Gasteiger partial charge in [0.1, 0.15) is 0 Å². The van der Waals surface area contributed by atoms with Crippen LogP contribution in [-0.2, 0) is 16.3 Å². The van der Waals surface area contributed by atoms with Crippen molar-refractivity contribution in [2.75, 3.05) is 13.1 Å². The molecular weight excluding hydrogens is 380 g/mol. The summed E-state index contributed by atoms with van der Waals surface area (Å²) in [7, 11) is -3.48. The van der Waals surface area contributed by atoms with Gasteiger partial charge in [-0.25, -0.2) is 8.42 Å². The summed E-state index contributed by atoms with van der Waals surface area (Å²) >= 11 is 0. The molecule has 0 fully saturated rings. The van der Waals surface area contributed by atoms with Crippen molar-refractivity contribution in [1.29, 1.82) is 0 Å². The van der Waals surface area contributed by atoms with Crippen LogP contribution in [0.5, 0.6) is 0 Å². The lowest BCUT2D eigenvalue weighted by Crippen LogP contribution is -2.40. The van der Waals surface area contributed by atoms with Gasteiger partial charge in [-0.15, -0.1) is 0 Å². The molecule has 4 nitrogen and oxygen atoms in total. The number of amidine groups is 1. The third-order valence-corrected chi connectivity index (χ3v) is 7.89. The van der Waals surface area contributed by atoms with Gasteiger partial charge >= 0.3 is 0 Å². The molecule has 0 amide bonds. The Kier molecular flexibility index (Phi) is 5.52. The molecule has 0 bridgehead atoms. The Bertz CT molecular complexity index is 1010. The zero-order chi connectivity index (χ0) is 20.5. The van der Waals surface area contributed by atoms with Crippen LogP contribution in [-0.4, -0.2) is 27.3 Å². The van der Waals surface area contributed by atoms with Crippen molar-refractivity contribution in [2.24, 2.45) is 10.4 Å². The molecule has 0 saturated carbocycles. The molecule has 0 spiro atoms. The van der Waals surface area contributed by atoms with Crippen LogP contribution in [0, 0.1) is 5.41 Å². The Morgan fingerprint density at radius 1 is 1.10 bits per heavy atom. The number of benzene rings is 2. The van der Waals surface area contributed by atoms with E-state index in [0.29, 0.717) is 15.7 Å². The number of rotatable bonds is 5. The number of sulfone groups is 1. The average molecular weight is 411 g/mol. The fourth-order valence-corrected chi connectivity index (χ4v) is 5.64. The highest BCUT2D eigenvalue weighted by Gasteiger charge is 2.26. The highest BCUT2D eigenvalue weighted by Crippen LogP contribution is 2.37. The van der Waals surface area contributed by atoms with Crippen LogP contribution in [0.2, 0.25) is 0 Å². The number of nitrogens with one attached hydrogen (secondary N) is 1. The zero-order valence-corrected chi connectivity index (χ0v) is 18.1. The highest BCUT2D eigenvalue weighted by molar-refractivity contribution is 7.91. The maximum atomic E-state index is 13.1. The predicted molar refractivity (Wildman–Crippen MR) is 117 cm³/mol. The van der Waals surface area contributed by atoms with Gasteiger partial charge in [0.2, 0.25) is 9.84 Å². The normalized spacial score (nSPS) is 21.0. The van der Waals surface area contributed by atoms with Crippen molar-refractivity contribution in [3.8, 4) is 0 Å². The Labute approximate surface area is 174 Å². The lowest BCUT2D eigenvalue weighted by atomic mass is 9.80. The van der Waals surface area contributed by atoms with Gasteiger partial charge in [-0.1, -0.05) is 38.1 Å². The molecule has 2 aromatic rings. The fraction of sp³-hybridized carbons (Fsp3) is 0.458. The average Bonchev–Trinajstić information content (AvgIpc) is 2.73. The summed E-state index contributed by atoms with van der Waals surface area (Å²) in [5.74, 6) is 1.49. The van der Waals surface area contributed by atoms with E-state index in [1.54, 1.807) is 30.3 Å². The summed E-state index contributed by atoms with van der Waals surface area (Å²) in [6, 6.07) is 14.4. The Morgan fingerprint density at radius 3 is 2.62 bits per heavy atom. The molecule has 0 radical (unpaired) electrons. The molecule has 1 N–H and O–H groups in total. The molecule has 0 aromatic heterocycles. The summed E-state index contributed by atoms with van der Waals surface area (Å²) in [5.41, 5.74) is 2.74. The first kappa shape index (κ1) is 20.1. The molecule has 0 saturated heterocycles. The standard InChI is InChI=1S/C24H30N2O2S/c1-24(2)16-25-23(26-17-24)14-12-19-8-6-7-18-11-13-21(15-22(18)19)29(27,28)20-9-4-3-5-10-20/h3-5,9-11,13,15,19H,6-8,12,14,16-17H2,1-2H3,(H,25,26). The SMILES string of the molecule is CC1(C)CN=C(CCC2CCCc3ccc(S(=O)(=O)c4ccccc4)cc32)NC1. The molecule has 29 heavy (non-hydrogen) atoms. The van der Waals surface area contributed by atoms with E-state index >= 15 is 0 Å². The lowest BCUT2D eigenvalue weighted by molar-refractivity contribution is 0.359. The minimum Gasteiger partial charge on any atom is -0.373 e. The van der Waals surface area contributed by atoms with E-state index in [2.05, 4.69) is 19.2 Å². The molecule has 1 aliphatic heterocycles. The van der Waals surface area contributed by atoms with Gasteiger partial charge in [0.05, 0.1) is 15.6 Å². The zero-order valence-electron chi connectivity index (χ0n) is 17.3. The third kappa shape index (κ3) is 4.40. The van der Waals surface area contributed by atoms with E-state index in [0.717, 1.165) is 51.0 Å². The van der Waals surface area contributed by atoms with E-state index in [9.17, 15) is 8.42 Å². The fourth-order valence-electron chi connectivity index (χ4n) is 4.32. The van der Waals surface area contributed by atoms with Crippen LogP contribution < -0.4 is 5.32 Å². The monoisotopic (exact) mass is 410 g/mol. The van der Waals surface area contributed by atoms with Gasteiger partial charge in [0.25, 0.3) is 0 Å². The quantitative estimate of drug-likeness (QED) is 0.774. The molecule has 1 atom stereocenters. The maximum Gasteiger partial charge on any atom is 0.206 e. The van der Waals surface area contributed by atoms with E-state index in [-0.39, 0.29) is 5.41 Å². The molecule has 4 rings (SSSR count). The Balaban J connectivity index is 1.55. The summed E-state index contributed by atoms with van der Waals surface area (Å²) in [6.07, 6.45) is 5.24. The van der Waals surface area contributed by atoms with Gasteiger partial charge in [-0.2, -0.15) is 0 Å². The summed E-state index contributed by atoms with van der Waals surface area (Å²) < 4.78 is 26.1. The van der Waals surface area contributed by atoms with Gasteiger partial charge in [-0.3, -0.25) is 4.99 Å². The molecule has 2 aliphatic rings. The second-order valence-electron chi connectivity index (χ2n) is 9.09. The number of aliphatic imine (C=N–C) groups is 1. The third-order valence-electron chi connectivity index (χ3n) is 6.12. The second-order valence-corrected chi connectivity index (χ2v) is 11.0. The van der Waals surface area contributed by atoms with Gasteiger partial charge < -0.3 is 5.32 Å². The van der Waals surface area contributed by atoms with Crippen molar-refractivity contribution in [2.45, 2.75) is 61.7 Å². The highest BCUT2D eigenvalue weighted by atomic mass is 32.2. The van der Waals surface area contributed by atoms with E-state index < -0.39 is 9.84 Å². The van der Waals surface area contributed by atoms with Gasteiger partial charge in [-0.05, 0) is 67.0 Å². The van der Waals surface area contributed by atoms with Crippen LogP contribution in [0.1, 0.15) is 56.6 Å². The van der Waals surface area contributed by atoms with E-state index in [1.165, 1.54) is 11.1 Å². The van der Waals surface area contributed by atoms with Crippen molar-refractivity contribution < 1.29 is 8.42 Å². The molecule has 1 unspecified atom stereocenters. The minimum absolute atomic E-state index is 0.224. The minimum atomic E-state index is -3.48. The topological polar surface area (TPSA) is 58.5 Å². The number of aryl methyl sites for hydroxylation is 1. The van der Waals surface area contributed by atoms with Gasteiger partial charge in [0.15, 0.2) is 0 Å². The first-order valence-electron chi connectivity index (χ1n) is 10.6. The molecule has 154 valence electrons. The van der Waals surface area contributed by atoms with E-state index in [4.69, 9.17) is 4.99 Å². The van der Waals surface area contributed by atoms with Crippen molar-refractivity contribution in [1.82, 2.24) is 5.32 Å². The van der Waals surface area contributed by atoms with Crippen LogP contribution in [0.15, 0.2) is 63.3 Å². The smallest absolute Gasteiger partial charge is 0.206 e. The predicted octanol–water partition coefficient (Wildman–Crippen LogP) is 4.75. The van der Waals surface area contributed by atoms with Crippen molar-refractivity contribution in [3.05, 3.63) is 59.7 Å². The van der Waals surface area contributed by atoms with Crippen LogP contribution in [0.3, 0.4) is 0 Å². The summed E-state index contributed by atoms with van der Waals surface area (Å²) in [4.78, 5) is 5.49. The number of hydrogen-bond donors (Lipinski definition) is 1. The molecule has 5 heteroatoms. The Hall–Kier alpha value is -2.14. The summed E-state index contributed by atoms with van der Waals surface area (Å²) in [5, 5.41) is 3.48. The first-order valence-corrected chi connectivity index (χ1v) is 12.0. The lowest BCUT2D eigenvalue weighted by Gasteiger charge is -2.30. The molecule has 1 heterocycles. The maximum absolute atomic E-state index is 13.1. The number of nitrogens with zero attached hydrogens (tertiary/aromatic N) is 1. The number of fused-ring (bicyclic) bond motifs is 1. The second kappa shape index (κ2) is 7.94. The van der Waals surface area contributed by atoms with Crippen molar-refractivity contribution >= 4 is 15.7 Å². The summed E-state index contributed by atoms with van der Waals surface area (Å²) in [6.45, 7) is 6.29. The molecule has 2 aromatic carbocycles. The van der Waals surface area contributed by atoms with Crippen LogP contribution >= 0.6 is 0 Å². The van der Waals surface area contributed by atoms with Crippen LogP contribution in [0.4, 0.5) is 0 Å². The van der Waals surface area contributed by atoms with Crippen LogP contribution in [0.25, 0.3) is 0 Å². The number of hydrogen-bond acceptors (Lipinski definition) is 4. The molecular formula is C24H30N2O2S. The largest absolute Gasteiger partial charge is 0.373 e. The van der Waals surface area contributed by atoms with E-state index in [1.807, 2.05) is 18.2 Å². The molecule has 1 aliphatic carbocycles. The first-order chi connectivity index (χ1) is 13.9. The van der Waals surface area contributed by atoms with Gasteiger partial charge in [0, 0.05) is 24.9 Å².